The van der Waals surface area contributed by atoms with E-state index in [2.05, 4.69) is 34.0 Å². The van der Waals surface area contributed by atoms with Crippen LogP contribution in [0.3, 0.4) is 0 Å². The van der Waals surface area contributed by atoms with Crippen LogP contribution >= 0.6 is 11.8 Å². The van der Waals surface area contributed by atoms with E-state index in [1.165, 1.54) is 17.7 Å². The van der Waals surface area contributed by atoms with E-state index in [9.17, 15) is 13.2 Å². The Morgan fingerprint density at radius 3 is 2.42 bits per heavy atom. The Labute approximate surface area is 189 Å². The number of rotatable bonds is 10. The molecular weight excluding hydrogens is 430 g/mol. The summed E-state index contributed by atoms with van der Waals surface area (Å²) in [4.78, 5) is 15.5. The molecule has 1 aliphatic rings. The van der Waals surface area contributed by atoms with Crippen molar-refractivity contribution in [1.29, 1.82) is 0 Å². The number of carbonyl (C=O) groups is 1. The molecule has 1 fully saturated rings. The average Bonchev–Trinajstić information content (AvgIpc) is 3.25. The SMILES string of the molecule is CSCCC(NS(=O)(=O)c1ccccc1)C(=O)NC1CCN(C(C)c2ccccc2)C1. The van der Waals surface area contributed by atoms with E-state index in [0.29, 0.717) is 12.2 Å². The number of nitrogens with one attached hydrogen (secondary N) is 2. The summed E-state index contributed by atoms with van der Waals surface area (Å²) in [6.07, 6.45) is 3.24. The fourth-order valence-corrected chi connectivity index (χ4v) is 5.56. The Bertz CT molecular complexity index is 939. The Kier molecular flexibility index (Phi) is 8.54. The third kappa shape index (κ3) is 6.55. The number of likely N-dealkylation sites (tertiary alicyclic amines) is 1. The summed E-state index contributed by atoms with van der Waals surface area (Å²) in [5.74, 6) is 0.435. The molecule has 0 aliphatic carbocycles. The van der Waals surface area contributed by atoms with E-state index >= 15 is 0 Å². The third-order valence-corrected chi connectivity index (χ3v) is 7.81. The molecule has 2 aromatic carbocycles. The van der Waals surface area contributed by atoms with E-state index in [-0.39, 0.29) is 22.9 Å². The summed E-state index contributed by atoms with van der Waals surface area (Å²) in [5.41, 5.74) is 1.25. The lowest BCUT2D eigenvalue weighted by Crippen LogP contribution is -2.50. The quantitative estimate of drug-likeness (QED) is 0.569. The zero-order valence-corrected chi connectivity index (χ0v) is 19.7. The maximum Gasteiger partial charge on any atom is 0.241 e. The predicted molar refractivity (Wildman–Crippen MR) is 127 cm³/mol. The first kappa shape index (κ1) is 23.8. The van der Waals surface area contributed by atoms with Crippen LogP contribution in [0, 0.1) is 0 Å². The molecule has 2 aromatic rings. The highest BCUT2D eigenvalue weighted by Crippen LogP contribution is 2.24. The van der Waals surface area contributed by atoms with Gasteiger partial charge in [-0.1, -0.05) is 48.5 Å². The van der Waals surface area contributed by atoms with Crippen molar-refractivity contribution in [2.45, 2.75) is 42.8 Å². The van der Waals surface area contributed by atoms with Crippen molar-refractivity contribution in [3.63, 3.8) is 0 Å². The van der Waals surface area contributed by atoms with Crippen LogP contribution in [0.1, 0.15) is 31.4 Å². The summed E-state index contributed by atoms with van der Waals surface area (Å²) in [5, 5.41) is 3.08. The molecule has 6 nitrogen and oxygen atoms in total. The maximum atomic E-state index is 13.0. The first-order valence-electron chi connectivity index (χ1n) is 10.6. The van der Waals surface area contributed by atoms with Gasteiger partial charge >= 0.3 is 0 Å². The smallest absolute Gasteiger partial charge is 0.241 e. The lowest BCUT2D eigenvalue weighted by atomic mass is 10.1. The number of hydrogen-bond donors (Lipinski definition) is 2. The van der Waals surface area contributed by atoms with Crippen LogP contribution in [0.2, 0.25) is 0 Å². The number of benzene rings is 2. The average molecular weight is 462 g/mol. The van der Waals surface area contributed by atoms with Gasteiger partial charge in [0.25, 0.3) is 0 Å². The molecule has 0 spiro atoms. The molecule has 0 saturated carbocycles. The monoisotopic (exact) mass is 461 g/mol. The summed E-state index contributed by atoms with van der Waals surface area (Å²) in [7, 11) is -3.76. The number of nitrogens with zero attached hydrogens (tertiary/aromatic N) is 1. The van der Waals surface area contributed by atoms with Crippen LogP contribution in [0.25, 0.3) is 0 Å². The van der Waals surface area contributed by atoms with Gasteiger partial charge in [-0.05, 0) is 49.5 Å². The van der Waals surface area contributed by atoms with Gasteiger partial charge in [-0.3, -0.25) is 9.69 Å². The number of carbonyl (C=O) groups excluding carboxylic acids is 1. The zero-order valence-electron chi connectivity index (χ0n) is 18.0. The Morgan fingerprint density at radius 2 is 1.77 bits per heavy atom. The second-order valence-corrected chi connectivity index (χ2v) is 10.5. The van der Waals surface area contributed by atoms with Gasteiger partial charge in [0.05, 0.1) is 4.90 Å². The fraction of sp³-hybridized carbons (Fsp3) is 0.435. The third-order valence-electron chi connectivity index (χ3n) is 5.67. The lowest BCUT2D eigenvalue weighted by Gasteiger charge is -2.25. The van der Waals surface area contributed by atoms with Gasteiger partial charge in [-0.2, -0.15) is 16.5 Å². The molecule has 31 heavy (non-hydrogen) atoms. The van der Waals surface area contributed by atoms with Gasteiger partial charge < -0.3 is 5.32 Å². The molecule has 1 saturated heterocycles. The Balaban J connectivity index is 1.62. The topological polar surface area (TPSA) is 78.5 Å². The summed E-state index contributed by atoms with van der Waals surface area (Å²) >= 11 is 1.59. The maximum absolute atomic E-state index is 13.0. The van der Waals surface area contributed by atoms with Crippen molar-refractivity contribution in [1.82, 2.24) is 14.9 Å². The first-order chi connectivity index (χ1) is 14.9. The molecule has 168 valence electrons. The minimum Gasteiger partial charge on any atom is -0.351 e. The molecule has 0 bridgehead atoms. The Hall–Kier alpha value is -1.87. The molecule has 0 aromatic heterocycles. The van der Waals surface area contributed by atoms with Gasteiger partial charge in [0, 0.05) is 25.2 Å². The number of thioether (sulfide) groups is 1. The second-order valence-electron chi connectivity index (χ2n) is 7.84. The molecule has 3 rings (SSSR count). The highest BCUT2D eigenvalue weighted by atomic mass is 32.2. The van der Waals surface area contributed by atoms with E-state index in [0.717, 1.165) is 19.5 Å². The molecule has 1 amide bonds. The normalized spacial score (nSPS) is 19.1. The highest BCUT2D eigenvalue weighted by Gasteiger charge is 2.31. The molecule has 1 aliphatic heterocycles. The second kappa shape index (κ2) is 11.1. The number of hydrogen-bond acceptors (Lipinski definition) is 5. The van der Waals surface area contributed by atoms with E-state index < -0.39 is 16.1 Å². The molecule has 1 heterocycles. The number of amides is 1. The Morgan fingerprint density at radius 1 is 1.13 bits per heavy atom. The number of sulfonamides is 1. The molecule has 2 N–H and O–H groups in total. The summed E-state index contributed by atoms with van der Waals surface area (Å²) in [6.45, 7) is 3.82. The van der Waals surface area contributed by atoms with Gasteiger partial charge in [-0.15, -0.1) is 0 Å². The first-order valence-corrected chi connectivity index (χ1v) is 13.4. The van der Waals surface area contributed by atoms with Crippen molar-refractivity contribution >= 4 is 27.7 Å². The molecule has 3 atom stereocenters. The van der Waals surface area contributed by atoms with Crippen molar-refractivity contribution in [3.05, 3.63) is 66.2 Å². The molecule has 8 heteroatoms. The summed E-state index contributed by atoms with van der Waals surface area (Å²) < 4.78 is 28.1. The van der Waals surface area contributed by atoms with Crippen molar-refractivity contribution in [3.8, 4) is 0 Å². The van der Waals surface area contributed by atoms with Gasteiger partial charge in [0.1, 0.15) is 6.04 Å². The predicted octanol–water partition coefficient (Wildman–Crippen LogP) is 3.04. The van der Waals surface area contributed by atoms with Crippen LogP contribution < -0.4 is 10.0 Å². The van der Waals surface area contributed by atoms with Crippen LogP contribution in [0.4, 0.5) is 0 Å². The minimum atomic E-state index is -3.76. The van der Waals surface area contributed by atoms with Crippen molar-refractivity contribution in [2.24, 2.45) is 0 Å². The van der Waals surface area contributed by atoms with Gasteiger partial charge in [0.15, 0.2) is 0 Å². The van der Waals surface area contributed by atoms with Crippen LogP contribution in [0.5, 0.6) is 0 Å². The van der Waals surface area contributed by atoms with Gasteiger partial charge in [-0.25, -0.2) is 8.42 Å². The minimum absolute atomic E-state index is 0.0108. The standard InChI is InChI=1S/C23H31N3O3S2/c1-18(19-9-5-3-6-10-19)26-15-13-20(17-26)24-23(27)22(14-16-30-2)25-31(28,29)21-11-7-4-8-12-21/h3-12,18,20,22,25H,13-17H2,1-2H3,(H,24,27). The van der Waals surface area contributed by atoms with Gasteiger partial charge in [0.2, 0.25) is 15.9 Å². The molecular formula is C23H31N3O3S2. The lowest BCUT2D eigenvalue weighted by molar-refractivity contribution is -0.123. The van der Waals surface area contributed by atoms with E-state index in [4.69, 9.17) is 0 Å². The van der Waals surface area contributed by atoms with E-state index in [1.807, 2.05) is 24.5 Å². The fourth-order valence-electron chi connectivity index (χ4n) is 3.84. The largest absolute Gasteiger partial charge is 0.351 e. The molecule has 3 unspecified atom stereocenters. The van der Waals surface area contributed by atoms with Crippen molar-refractivity contribution in [2.75, 3.05) is 25.1 Å². The highest BCUT2D eigenvalue weighted by molar-refractivity contribution is 7.98. The van der Waals surface area contributed by atoms with Crippen molar-refractivity contribution < 1.29 is 13.2 Å². The van der Waals surface area contributed by atoms with Crippen LogP contribution in [0.15, 0.2) is 65.6 Å². The molecule has 0 radical (unpaired) electrons. The van der Waals surface area contributed by atoms with Crippen LogP contribution in [-0.4, -0.2) is 56.4 Å². The summed E-state index contributed by atoms with van der Waals surface area (Å²) in [6, 6.07) is 18.0. The van der Waals surface area contributed by atoms with E-state index in [1.54, 1.807) is 30.0 Å². The van der Waals surface area contributed by atoms with Crippen LogP contribution in [-0.2, 0) is 14.8 Å². The zero-order chi connectivity index (χ0) is 22.3.